The van der Waals surface area contributed by atoms with E-state index in [0.29, 0.717) is 0 Å². The Morgan fingerprint density at radius 2 is 1.73 bits per heavy atom. The van der Waals surface area contributed by atoms with Gasteiger partial charge in [-0.15, -0.1) is 0 Å². The van der Waals surface area contributed by atoms with E-state index in [2.05, 4.69) is 5.10 Å². The van der Waals surface area contributed by atoms with Crippen LogP contribution in [0.5, 0.6) is 0 Å². The Morgan fingerprint density at radius 1 is 1.07 bits per heavy atom. The topological polar surface area (TPSA) is 162 Å². The number of piperazine rings is 1. The molecule has 1 saturated heterocycles. The van der Waals surface area contributed by atoms with Crippen molar-refractivity contribution in [3.8, 4) is 0 Å². The lowest BCUT2D eigenvalue weighted by molar-refractivity contribution is -0.387. The zero-order valence-corrected chi connectivity index (χ0v) is 16.5. The van der Waals surface area contributed by atoms with Crippen molar-refractivity contribution < 1.29 is 23.1 Å². The number of carbonyl (C=O) groups is 1. The van der Waals surface area contributed by atoms with Crippen molar-refractivity contribution in [1.29, 1.82) is 0 Å². The number of amides is 1. The minimum atomic E-state index is -4.07. The van der Waals surface area contributed by atoms with Crippen molar-refractivity contribution in [2.75, 3.05) is 26.2 Å². The molecule has 0 bridgehead atoms. The van der Waals surface area contributed by atoms with Crippen LogP contribution in [-0.2, 0) is 21.4 Å². The van der Waals surface area contributed by atoms with E-state index in [1.54, 1.807) is 0 Å². The third kappa shape index (κ3) is 4.44. The van der Waals surface area contributed by atoms with Gasteiger partial charge in [0.05, 0.1) is 9.85 Å². The Balaban J connectivity index is 1.59. The van der Waals surface area contributed by atoms with Crippen molar-refractivity contribution in [1.82, 2.24) is 19.0 Å². The largest absolute Gasteiger partial charge is 0.340 e. The monoisotopic (exact) mass is 438 g/mol. The zero-order chi connectivity index (χ0) is 21.9. The first kappa shape index (κ1) is 21.3. The van der Waals surface area contributed by atoms with Gasteiger partial charge in [-0.2, -0.15) is 9.40 Å². The van der Waals surface area contributed by atoms with Crippen LogP contribution in [0.15, 0.2) is 41.6 Å². The molecule has 1 fully saturated rings. The summed E-state index contributed by atoms with van der Waals surface area (Å²) < 4.78 is 28.0. The third-order valence-corrected chi connectivity index (χ3v) is 6.60. The van der Waals surface area contributed by atoms with Crippen LogP contribution in [0.4, 0.5) is 11.4 Å². The normalized spacial score (nSPS) is 15.1. The fourth-order valence-electron chi connectivity index (χ4n) is 3.08. The average Bonchev–Trinajstić information content (AvgIpc) is 3.21. The molecule has 0 spiro atoms. The number of aryl methyl sites for hydroxylation is 1. The van der Waals surface area contributed by atoms with Crippen molar-refractivity contribution in [2.24, 2.45) is 0 Å². The molecule has 1 aliphatic rings. The summed E-state index contributed by atoms with van der Waals surface area (Å²) >= 11 is 0. The molecule has 30 heavy (non-hydrogen) atoms. The molecule has 14 heteroatoms. The van der Waals surface area contributed by atoms with Crippen molar-refractivity contribution in [3.63, 3.8) is 0 Å². The third-order valence-electron chi connectivity index (χ3n) is 4.66. The number of nitro groups is 2. The molecule has 1 aromatic heterocycles. The highest BCUT2D eigenvalue weighted by Gasteiger charge is 2.34. The van der Waals surface area contributed by atoms with Crippen LogP contribution >= 0.6 is 0 Å². The van der Waals surface area contributed by atoms with Gasteiger partial charge in [0.1, 0.15) is 12.4 Å². The number of sulfonamides is 1. The van der Waals surface area contributed by atoms with E-state index >= 15 is 0 Å². The Labute approximate surface area is 170 Å². The summed E-state index contributed by atoms with van der Waals surface area (Å²) in [6.45, 7) is 0.442. The SMILES string of the molecule is O=C(CCn1cc([N+](=O)[O-])cn1)N1CCN(S(=O)(=O)c2ccccc2[N+](=O)[O-])CC1. The highest BCUT2D eigenvalue weighted by Crippen LogP contribution is 2.27. The van der Waals surface area contributed by atoms with E-state index < -0.39 is 25.6 Å². The fourth-order valence-corrected chi connectivity index (χ4v) is 4.66. The molecule has 2 aromatic rings. The number of rotatable bonds is 7. The van der Waals surface area contributed by atoms with E-state index in [0.717, 1.165) is 16.6 Å². The molecule has 3 rings (SSSR count). The van der Waals surface area contributed by atoms with Gasteiger partial charge in [-0.3, -0.25) is 29.7 Å². The van der Waals surface area contributed by atoms with Gasteiger partial charge >= 0.3 is 5.69 Å². The highest BCUT2D eigenvalue weighted by molar-refractivity contribution is 7.89. The Hall–Kier alpha value is -3.39. The number of para-hydroxylation sites is 1. The van der Waals surface area contributed by atoms with Crippen LogP contribution in [0, 0.1) is 20.2 Å². The Morgan fingerprint density at radius 3 is 2.33 bits per heavy atom. The van der Waals surface area contributed by atoms with Crippen LogP contribution in [-0.4, -0.2) is 69.3 Å². The number of benzene rings is 1. The molecule has 0 unspecified atom stereocenters. The summed E-state index contributed by atoms with van der Waals surface area (Å²) in [6, 6.07) is 5.13. The van der Waals surface area contributed by atoms with Crippen molar-refractivity contribution >= 4 is 27.3 Å². The first-order valence-corrected chi connectivity index (χ1v) is 10.3. The second-order valence-corrected chi connectivity index (χ2v) is 8.38. The molecule has 0 radical (unpaired) electrons. The smallest absolute Gasteiger partial charge is 0.306 e. The van der Waals surface area contributed by atoms with E-state index in [9.17, 15) is 33.4 Å². The number of hydrogen-bond donors (Lipinski definition) is 0. The van der Waals surface area contributed by atoms with Gasteiger partial charge in [0.15, 0.2) is 4.90 Å². The molecule has 2 heterocycles. The summed E-state index contributed by atoms with van der Waals surface area (Å²) in [4.78, 5) is 34.0. The molecular formula is C16H18N6O7S. The van der Waals surface area contributed by atoms with Crippen LogP contribution in [0.1, 0.15) is 6.42 Å². The van der Waals surface area contributed by atoms with E-state index in [4.69, 9.17) is 0 Å². The molecular weight excluding hydrogens is 420 g/mol. The summed E-state index contributed by atoms with van der Waals surface area (Å²) in [7, 11) is -4.07. The molecule has 0 aliphatic carbocycles. The van der Waals surface area contributed by atoms with Crippen LogP contribution < -0.4 is 0 Å². The van der Waals surface area contributed by atoms with Crippen molar-refractivity contribution in [3.05, 3.63) is 56.9 Å². The summed E-state index contributed by atoms with van der Waals surface area (Å²) in [5, 5.41) is 25.6. The maximum Gasteiger partial charge on any atom is 0.306 e. The van der Waals surface area contributed by atoms with Crippen LogP contribution in [0.2, 0.25) is 0 Å². The van der Waals surface area contributed by atoms with Gasteiger partial charge in [-0.05, 0) is 6.07 Å². The molecule has 1 amide bonds. The van der Waals surface area contributed by atoms with E-state index in [1.165, 1.54) is 34.0 Å². The summed E-state index contributed by atoms with van der Waals surface area (Å²) in [5.41, 5.74) is -0.666. The molecule has 1 aliphatic heterocycles. The van der Waals surface area contributed by atoms with Gasteiger partial charge in [0.25, 0.3) is 5.69 Å². The summed E-state index contributed by atoms with van der Waals surface area (Å²) in [5.74, 6) is -0.240. The summed E-state index contributed by atoms with van der Waals surface area (Å²) in [6.07, 6.45) is 2.37. The van der Waals surface area contributed by atoms with Gasteiger partial charge < -0.3 is 4.90 Å². The minimum absolute atomic E-state index is 0.00731. The number of aromatic nitrogens is 2. The zero-order valence-electron chi connectivity index (χ0n) is 15.7. The molecule has 0 N–H and O–H groups in total. The minimum Gasteiger partial charge on any atom is -0.340 e. The van der Waals surface area contributed by atoms with Crippen LogP contribution in [0.3, 0.4) is 0 Å². The second kappa shape index (κ2) is 8.54. The Kier molecular flexibility index (Phi) is 6.07. The maximum atomic E-state index is 12.8. The quantitative estimate of drug-likeness (QED) is 0.449. The van der Waals surface area contributed by atoms with Crippen LogP contribution in [0.25, 0.3) is 0 Å². The maximum absolute atomic E-state index is 12.8. The lowest BCUT2D eigenvalue weighted by atomic mass is 10.3. The Bertz CT molecular complexity index is 1080. The van der Waals surface area contributed by atoms with Gasteiger partial charge in [0.2, 0.25) is 15.9 Å². The lowest BCUT2D eigenvalue weighted by Gasteiger charge is -2.34. The fraction of sp³-hybridized carbons (Fsp3) is 0.375. The predicted molar refractivity (Wildman–Crippen MR) is 102 cm³/mol. The molecule has 13 nitrogen and oxygen atoms in total. The highest BCUT2D eigenvalue weighted by atomic mass is 32.2. The first-order chi connectivity index (χ1) is 14.2. The lowest BCUT2D eigenvalue weighted by Crippen LogP contribution is -2.50. The number of nitrogens with zero attached hydrogens (tertiary/aromatic N) is 6. The molecule has 0 atom stereocenters. The molecule has 1 aromatic carbocycles. The predicted octanol–water partition coefficient (Wildman–Crippen LogP) is 0.623. The molecule has 160 valence electrons. The number of hydrogen-bond acceptors (Lipinski definition) is 8. The standard InChI is InChI=1S/C16H18N6O7S/c23-16(5-6-19-12-13(11-17-19)21(24)25)18-7-9-20(10-8-18)30(28,29)15-4-2-1-3-14(15)22(26)27/h1-4,11-12H,5-10H2. The first-order valence-electron chi connectivity index (χ1n) is 8.88. The molecule has 0 saturated carbocycles. The van der Waals surface area contributed by atoms with E-state index in [-0.39, 0.29) is 55.6 Å². The van der Waals surface area contributed by atoms with Gasteiger partial charge in [0, 0.05) is 45.2 Å². The number of carbonyl (C=O) groups excluding carboxylic acids is 1. The second-order valence-electron chi connectivity index (χ2n) is 6.48. The van der Waals surface area contributed by atoms with Gasteiger partial charge in [-0.25, -0.2) is 8.42 Å². The van der Waals surface area contributed by atoms with Crippen molar-refractivity contribution in [2.45, 2.75) is 17.9 Å². The number of nitro benzene ring substituents is 1. The van der Waals surface area contributed by atoms with Gasteiger partial charge in [-0.1, -0.05) is 12.1 Å². The van der Waals surface area contributed by atoms with E-state index in [1.807, 2.05) is 0 Å². The average molecular weight is 438 g/mol.